The Balaban J connectivity index is 1.15. The highest BCUT2D eigenvalue weighted by atomic mass is 14.7. The molecule has 0 fully saturated rings. The summed E-state index contributed by atoms with van der Waals surface area (Å²) in [4.78, 5) is 5.33. The molecule has 52 heavy (non-hydrogen) atoms. The third-order valence-electron chi connectivity index (χ3n) is 10.4. The molecule has 0 radical (unpaired) electrons. The number of pyridine rings is 1. The van der Waals surface area contributed by atoms with Crippen LogP contribution in [0.4, 0.5) is 0 Å². The molecule has 242 valence electrons. The minimum atomic E-state index is 0.973. The monoisotopic (exact) mass is 659 g/mol. The molecule has 0 saturated heterocycles. The van der Waals surface area contributed by atoms with Crippen LogP contribution in [-0.2, 0) is 0 Å². The molecular weight excluding hydrogens is 627 g/mol. The average molecular weight is 660 g/mol. The molecule has 0 atom stereocenters. The SMILES string of the molecule is c1ccc(-c2cc(-c3ccccc3)c3cccc(-c4ccc(-c5c6ccccc6c(-c6ccc7ccccc7c6)c6ccccc56)cc4)c3n2)cc1. The smallest absolute Gasteiger partial charge is 0.0794 e. The van der Waals surface area contributed by atoms with Crippen molar-refractivity contribution in [2.24, 2.45) is 0 Å². The molecule has 0 aliphatic heterocycles. The van der Waals surface area contributed by atoms with Gasteiger partial charge in [-0.25, -0.2) is 4.98 Å². The Labute approximate surface area is 303 Å². The minimum absolute atomic E-state index is 0.973. The summed E-state index contributed by atoms with van der Waals surface area (Å²) in [6.07, 6.45) is 0. The van der Waals surface area contributed by atoms with Crippen LogP contribution in [0.2, 0.25) is 0 Å². The summed E-state index contributed by atoms with van der Waals surface area (Å²) in [6, 6.07) is 72.3. The number of aromatic nitrogens is 1. The van der Waals surface area contributed by atoms with Gasteiger partial charge in [-0.15, -0.1) is 0 Å². The third-order valence-corrected chi connectivity index (χ3v) is 10.4. The zero-order chi connectivity index (χ0) is 34.4. The number of benzene rings is 9. The van der Waals surface area contributed by atoms with Crippen LogP contribution >= 0.6 is 0 Å². The van der Waals surface area contributed by atoms with Gasteiger partial charge < -0.3 is 0 Å². The molecule has 10 rings (SSSR count). The van der Waals surface area contributed by atoms with Crippen LogP contribution < -0.4 is 0 Å². The van der Waals surface area contributed by atoms with E-state index < -0.39 is 0 Å². The van der Waals surface area contributed by atoms with Crippen molar-refractivity contribution in [3.8, 4) is 55.8 Å². The van der Waals surface area contributed by atoms with Gasteiger partial charge in [-0.05, 0) is 83.4 Å². The van der Waals surface area contributed by atoms with Gasteiger partial charge >= 0.3 is 0 Å². The van der Waals surface area contributed by atoms with Crippen molar-refractivity contribution in [2.75, 3.05) is 0 Å². The van der Waals surface area contributed by atoms with Gasteiger partial charge in [0.05, 0.1) is 11.2 Å². The quantitative estimate of drug-likeness (QED) is 0.168. The summed E-state index contributed by atoms with van der Waals surface area (Å²) in [5.41, 5.74) is 12.7. The minimum Gasteiger partial charge on any atom is -0.247 e. The van der Waals surface area contributed by atoms with Gasteiger partial charge in [-0.3, -0.25) is 0 Å². The fourth-order valence-electron chi connectivity index (χ4n) is 8.01. The van der Waals surface area contributed by atoms with Crippen LogP contribution in [0.1, 0.15) is 0 Å². The molecule has 0 amide bonds. The van der Waals surface area contributed by atoms with E-state index in [1.807, 2.05) is 0 Å². The first-order chi connectivity index (χ1) is 25.8. The molecular formula is C51H33N. The molecule has 1 heteroatoms. The number of para-hydroxylation sites is 1. The van der Waals surface area contributed by atoms with Crippen LogP contribution in [0.5, 0.6) is 0 Å². The molecule has 0 unspecified atom stereocenters. The molecule has 0 saturated carbocycles. The Hall–Kier alpha value is -6.83. The Morgan fingerprint density at radius 3 is 1.40 bits per heavy atom. The van der Waals surface area contributed by atoms with Gasteiger partial charge in [0.2, 0.25) is 0 Å². The highest BCUT2D eigenvalue weighted by Crippen LogP contribution is 2.45. The summed E-state index contributed by atoms with van der Waals surface area (Å²) in [6.45, 7) is 0. The van der Waals surface area contributed by atoms with Crippen molar-refractivity contribution in [3.05, 3.63) is 200 Å². The second kappa shape index (κ2) is 12.5. The lowest BCUT2D eigenvalue weighted by molar-refractivity contribution is 1.39. The Kier molecular flexibility index (Phi) is 7.22. The summed E-state index contributed by atoms with van der Waals surface area (Å²) in [7, 11) is 0. The molecule has 10 aromatic rings. The number of fused-ring (bicyclic) bond motifs is 4. The van der Waals surface area contributed by atoms with E-state index in [9.17, 15) is 0 Å². The van der Waals surface area contributed by atoms with Crippen LogP contribution in [-0.4, -0.2) is 4.98 Å². The van der Waals surface area contributed by atoms with Gasteiger partial charge in [-0.1, -0.05) is 188 Å². The second-order valence-electron chi connectivity index (χ2n) is 13.5. The first-order valence-electron chi connectivity index (χ1n) is 17.9. The summed E-state index contributed by atoms with van der Waals surface area (Å²) >= 11 is 0. The maximum atomic E-state index is 5.33. The molecule has 1 heterocycles. The lowest BCUT2D eigenvalue weighted by Crippen LogP contribution is -1.93. The van der Waals surface area contributed by atoms with Crippen LogP contribution in [0.25, 0.3) is 99.0 Å². The average Bonchev–Trinajstić information content (AvgIpc) is 3.22. The fourth-order valence-corrected chi connectivity index (χ4v) is 8.01. The predicted molar refractivity (Wildman–Crippen MR) is 221 cm³/mol. The number of hydrogen-bond acceptors (Lipinski definition) is 1. The highest BCUT2D eigenvalue weighted by molar-refractivity contribution is 6.21. The van der Waals surface area contributed by atoms with E-state index >= 15 is 0 Å². The predicted octanol–water partition coefficient (Wildman–Crippen LogP) is 14.0. The Morgan fingerprint density at radius 1 is 0.269 bits per heavy atom. The van der Waals surface area contributed by atoms with Gasteiger partial charge in [-0.2, -0.15) is 0 Å². The lowest BCUT2D eigenvalue weighted by atomic mass is 9.85. The maximum absolute atomic E-state index is 5.33. The molecule has 1 aromatic heterocycles. The van der Waals surface area contributed by atoms with E-state index in [2.05, 4.69) is 200 Å². The van der Waals surface area contributed by atoms with E-state index in [1.54, 1.807) is 0 Å². The highest BCUT2D eigenvalue weighted by Gasteiger charge is 2.18. The van der Waals surface area contributed by atoms with E-state index in [0.717, 1.165) is 33.3 Å². The first-order valence-corrected chi connectivity index (χ1v) is 17.9. The van der Waals surface area contributed by atoms with E-state index in [1.165, 1.54) is 65.7 Å². The second-order valence-corrected chi connectivity index (χ2v) is 13.5. The van der Waals surface area contributed by atoms with Crippen molar-refractivity contribution in [1.82, 2.24) is 4.98 Å². The number of hydrogen-bond donors (Lipinski definition) is 0. The molecule has 0 bridgehead atoms. The van der Waals surface area contributed by atoms with Gasteiger partial charge in [0.15, 0.2) is 0 Å². The van der Waals surface area contributed by atoms with Crippen molar-refractivity contribution in [3.63, 3.8) is 0 Å². The van der Waals surface area contributed by atoms with E-state index in [-0.39, 0.29) is 0 Å². The molecule has 0 N–H and O–H groups in total. The van der Waals surface area contributed by atoms with E-state index in [4.69, 9.17) is 4.98 Å². The van der Waals surface area contributed by atoms with Gasteiger partial charge in [0.25, 0.3) is 0 Å². The van der Waals surface area contributed by atoms with Gasteiger partial charge in [0, 0.05) is 16.5 Å². The number of rotatable bonds is 5. The van der Waals surface area contributed by atoms with Crippen LogP contribution in [0, 0.1) is 0 Å². The van der Waals surface area contributed by atoms with Crippen molar-refractivity contribution in [1.29, 1.82) is 0 Å². The Morgan fingerprint density at radius 2 is 0.750 bits per heavy atom. The van der Waals surface area contributed by atoms with Gasteiger partial charge in [0.1, 0.15) is 0 Å². The largest absolute Gasteiger partial charge is 0.247 e. The first kappa shape index (κ1) is 30.0. The summed E-state index contributed by atoms with van der Waals surface area (Å²) in [5.74, 6) is 0. The molecule has 9 aromatic carbocycles. The normalized spacial score (nSPS) is 11.5. The fraction of sp³-hybridized carbons (Fsp3) is 0. The topological polar surface area (TPSA) is 12.9 Å². The molecule has 0 spiro atoms. The van der Waals surface area contributed by atoms with Crippen molar-refractivity contribution in [2.45, 2.75) is 0 Å². The molecule has 0 aliphatic rings. The standard InChI is InChI=1S/C51H33N/c1-3-15-35(16-4-1)47-33-48(37-17-5-2-6-18-37)52-51-41(24-13-25-46(47)51)36-27-29-38(30-28-36)49-42-20-9-11-22-44(42)50(45-23-12-10-21-43(45)49)40-31-26-34-14-7-8-19-39(34)32-40/h1-33H. The van der Waals surface area contributed by atoms with Crippen molar-refractivity contribution >= 4 is 43.2 Å². The third kappa shape index (κ3) is 5.06. The molecule has 1 nitrogen and oxygen atoms in total. The summed E-state index contributed by atoms with van der Waals surface area (Å²) in [5, 5.41) is 8.68. The summed E-state index contributed by atoms with van der Waals surface area (Å²) < 4.78 is 0. The van der Waals surface area contributed by atoms with E-state index in [0.29, 0.717) is 0 Å². The van der Waals surface area contributed by atoms with Crippen LogP contribution in [0.3, 0.4) is 0 Å². The number of nitrogens with zero attached hydrogens (tertiary/aromatic N) is 1. The maximum Gasteiger partial charge on any atom is 0.0794 e. The zero-order valence-corrected chi connectivity index (χ0v) is 28.5. The zero-order valence-electron chi connectivity index (χ0n) is 28.5. The lowest BCUT2D eigenvalue weighted by Gasteiger charge is -2.18. The molecule has 0 aliphatic carbocycles. The van der Waals surface area contributed by atoms with Crippen LogP contribution in [0.15, 0.2) is 200 Å². The Bertz CT molecular complexity index is 2870. The van der Waals surface area contributed by atoms with Crippen molar-refractivity contribution < 1.29 is 0 Å².